The Kier molecular flexibility index (Phi) is 101. The fourth-order valence-electron chi connectivity index (χ4n) is 0. The van der Waals surface area contributed by atoms with Gasteiger partial charge in [-0.3, -0.25) is 0 Å². The Morgan fingerprint density at radius 1 is 1.00 bits per heavy atom. The van der Waals surface area contributed by atoms with Crippen LogP contribution in [0.1, 0.15) is 2.85 Å². The molecule has 0 amide bonds. The maximum atomic E-state index is 0. The molecule has 0 nitrogen and oxygen atoms in total. The van der Waals surface area contributed by atoms with E-state index in [0.29, 0.717) is 0 Å². The minimum atomic E-state index is 0. The van der Waals surface area contributed by atoms with Gasteiger partial charge in [0.2, 0.25) is 0 Å². The summed E-state index contributed by atoms with van der Waals surface area (Å²) < 4.78 is 0. The van der Waals surface area contributed by atoms with Crippen LogP contribution in [0.5, 0.6) is 0 Å². The van der Waals surface area contributed by atoms with Crippen molar-refractivity contribution in [1.82, 2.24) is 0 Å². The minimum absolute atomic E-state index is 0. The van der Waals surface area contributed by atoms with Gasteiger partial charge in [0.25, 0.3) is 0 Å². The Morgan fingerprint density at radius 2 is 1.00 bits per heavy atom. The van der Waals surface area contributed by atoms with Gasteiger partial charge in [-0.2, -0.15) is 0 Å². The van der Waals surface area contributed by atoms with Gasteiger partial charge in [0.1, 0.15) is 0 Å². The summed E-state index contributed by atoms with van der Waals surface area (Å²) in [6.07, 6.45) is 0. The summed E-state index contributed by atoms with van der Waals surface area (Å²) in [4.78, 5) is 0. The summed E-state index contributed by atoms with van der Waals surface area (Å²) in [6, 6.07) is 0. The fraction of sp³-hybridized carbons (Fsp3) is 0. The molecule has 0 aromatic rings. The monoisotopic (exact) mass is 298 g/mol. The number of hydrogen-bond donors (Lipinski definition) is 0. The first-order valence-electron chi connectivity index (χ1n) is 0. The van der Waals surface area contributed by atoms with Crippen LogP contribution in [0, 0.1) is 0 Å². The van der Waals surface area contributed by atoms with Crippen molar-refractivity contribution < 1.29 is 27.7 Å². The smallest absolute Gasteiger partial charge is 1.00 e. The second kappa shape index (κ2) is 15.9. The first-order chi connectivity index (χ1) is 0. The molecule has 0 bridgehead atoms. The molecule has 0 aliphatic carbocycles. The van der Waals surface area contributed by atoms with Gasteiger partial charge in [0.15, 0.2) is 0 Å². The molecule has 0 unspecified atom stereocenters. The Hall–Kier alpha value is 3.63. The van der Waals surface area contributed by atoms with Crippen molar-refractivity contribution in [3.05, 3.63) is 0 Å². The standard InChI is InChI=1S/Ba.2ClH.Sr.2H/h;2*1H;;;/q+2;;;+2;2*-1/p-2. The van der Waals surface area contributed by atoms with E-state index < -0.39 is 0 Å². The summed E-state index contributed by atoms with van der Waals surface area (Å²) in [5, 5.41) is 0. The summed E-state index contributed by atoms with van der Waals surface area (Å²) in [6.45, 7) is 0. The molecule has 0 aromatic carbocycles. The summed E-state index contributed by atoms with van der Waals surface area (Å²) >= 11 is 0. The first-order valence-corrected chi connectivity index (χ1v) is 0. The van der Waals surface area contributed by atoms with E-state index >= 15 is 0 Å². The van der Waals surface area contributed by atoms with Gasteiger partial charge in [-0.15, -0.1) is 0 Å². The van der Waals surface area contributed by atoms with Gasteiger partial charge in [-0.05, 0) is 0 Å². The molecule has 0 fully saturated rings. The van der Waals surface area contributed by atoms with E-state index in [4.69, 9.17) is 0 Å². The van der Waals surface area contributed by atoms with Crippen LogP contribution in [-0.4, -0.2) is 94.4 Å². The molecule has 0 spiro atoms. The molecule has 20 valence electrons. The third-order valence-corrected chi connectivity index (χ3v) is 0. The molecule has 0 aromatic heterocycles. The van der Waals surface area contributed by atoms with E-state index in [1.807, 2.05) is 0 Å². The van der Waals surface area contributed by atoms with Gasteiger partial charge in [0, 0.05) is 0 Å². The zero-order valence-corrected chi connectivity index (χ0v) is 11.6. The van der Waals surface area contributed by atoms with Crippen LogP contribution >= 0.6 is 0 Å². The Bertz CT molecular complexity index is 11.5. The van der Waals surface area contributed by atoms with Crippen molar-refractivity contribution in [2.75, 3.05) is 0 Å². The Balaban J connectivity index is 0. The molecule has 0 aliphatic rings. The minimum Gasteiger partial charge on any atom is -1.00 e. The average molecular weight is 298 g/mol. The third kappa shape index (κ3) is 9.16. The zero-order chi connectivity index (χ0) is 0. The van der Waals surface area contributed by atoms with Crippen LogP contribution in [0.3, 0.4) is 0 Å². The van der Waals surface area contributed by atoms with Crippen molar-refractivity contribution >= 4 is 94.4 Å². The summed E-state index contributed by atoms with van der Waals surface area (Å²) in [7, 11) is 0. The quantitative estimate of drug-likeness (QED) is 0.390. The molecule has 0 radical (unpaired) electrons. The first kappa shape index (κ1) is 25.4. The van der Waals surface area contributed by atoms with Crippen molar-refractivity contribution in [2.24, 2.45) is 0 Å². The molecule has 0 aliphatic heterocycles. The van der Waals surface area contributed by atoms with Crippen LogP contribution in [-0.2, 0) is 0 Å². The summed E-state index contributed by atoms with van der Waals surface area (Å²) in [5.74, 6) is 0. The molecule has 4 heteroatoms. The van der Waals surface area contributed by atoms with Gasteiger partial charge < -0.3 is 27.7 Å². The van der Waals surface area contributed by atoms with Gasteiger partial charge in [0.05, 0.1) is 0 Å². The molecule has 0 rings (SSSR count). The summed E-state index contributed by atoms with van der Waals surface area (Å²) in [5.41, 5.74) is 0. The maximum Gasteiger partial charge on any atom is 2.00 e. The molecule has 4 heavy (non-hydrogen) atoms. The topological polar surface area (TPSA) is 0 Å². The molecule has 0 heterocycles. The van der Waals surface area contributed by atoms with Crippen LogP contribution in [0.4, 0.5) is 0 Å². The average Bonchev–Trinajstić information content (AvgIpc) is 0. The Labute approximate surface area is 119 Å². The van der Waals surface area contributed by atoms with Gasteiger partial charge in [-0.1, -0.05) is 0 Å². The molecule has 0 saturated carbocycles. The van der Waals surface area contributed by atoms with E-state index in [2.05, 4.69) is 0 Å². The van der Waals surface area contributed by atoms with Crippen molar-refractivity contribution in [2.45, 2.75) is 0 Å². The fourth-order valence-corrected chi connectivity index (χ4v) is 0. The number of hydrogen-bond acceptors (Lipinski definition) is 0. The van der Waals surface area contributed by atoms with E-state index in [1.54, 1.807) is 0 Å². The van der Waals surface area contributed by atoms with Crippen LogP contribution in [0.15, 0.2) is 0 Å². The van der Waals surface area contributed by atoms with E-state index in [1.165, 1.54) is 0 Å². The normalized spacial score (nSPS) is 0. The van der Waals surface area contributed by atoms with Gasteiger partial charge in [-0.25, -0.2) is 0 Å². The van der Waals surface area contributed by atoms with E-state index in [-0.39, 0.29) is 122 Å². The molecular weight excluding hydrogens is 296 g/mol. The maximum absolute atomic E-state index is 0. The third-order valence-electron chi connectivity index (χ3n) is 0. The zero-order valence-electron chi connectivity index (χ0n) is 4.17. The predicted molar refractivity (Wildman–Crippen MR) is 13.7 cm³/mol. The Morgan fingerprint density at radius 3 is 1.00 bits per heavy atom. The van der Waals surface area contributed by atoms with Gasteiger partial charge >= 0.3 is 94.4 Å². The van der Waals surface area contributed by atoms with Crippen LogP contribution < -0.4 is 24.8 Å². The second-order valence-corrected chi connectivity index (χ2v) is 0. The van der Waals surface area contributed by atoms with Crippen LogP contribution in [0.2, 0.25) is 0 Å². The molecule has 0 N–H and O–H groups in total. The van der Waals surface area contributed by atoms with Crippen molar-refractivity contribution in [3.8, 4) is 0 Å². The number of rotatable bonds is 0. The molecular formula is H2BaCl2Sr. The SMILES string of the molecule is [Ba+2].[Cl-].[Cl-].[H-].[H-].[Sr+2]. The molecule has 0 saturated heterocycles. The van der Waals surface area contributed by atoms with Crippen LogP contribution in [0.25, 0.3) is 0 Å². The largest absolute Gasteiger partial charge is 2.00 e. The van der Waals surface area contributed by atoms with Crippen molar-refractivity contribution in [1.29, 1.82) is 0 Å². The van der Waals surface area contributed by atoms with Crippen molar-refractivity contribution in [3.63, 3.8) is 0 Å². The second-order valence-electron chi connectivity index (χ2n) is 0. The number of halogens is 2. The predicted octanol–water partition coefficient (Wildman–Crippen LogP) is -6.53. The molecule has 0 atom stereocenters. The van der Waals surface area contributed by atoms with E-state index in [0.717, 1.165) is 0 Å². The van der Waals surface area contributed by atoms with E-state index in [9.17, 15) is 0 Å².